The van der Waals surface area contributed by atoms with Gasteiger partial charge in [-0.2, -0.15) is 5.10 Å². The molecule has 116 valence electrons. The Balaban J connectivity index is 2.34. The van der Waals surface area contributed by atoms with Crippen LogP contribution in [0.5, 0.6) is 5.75 Å². The summed E-state index contributed by atoms with van der Waals surface area (Å²) in [6.45, 7) is 8.13. The monoisotopic (exact) mass is 315 g/mol. The molecule has 0 heterocycles. The molecular formula is C17H21N3OS. The van der Waals surface area contributed by atoms with Crippen LogP contribution in [0.15, 0.2) is 40.4 Å². The lowest BCUT2D eigenvalue weighted by molar-refractivity contribution is 0.448. The summed E-state index contributed by atoms with van der Waals surface area (Å²) >= 11 is 4.19. The van der Waals surface area contributed by atoms with E-state index in [4.69, 9.17) is 5.41 Å². The molecular weight excluding hydrogens is 294 g/mol. The zero-order valence-corrected chi connectivity index (χ0v) is 14.1. The number of phenolic OH excluding ortho intramolecular Hbond substituents is 1. The van der Waals surface area contributed by atoms with Gasteiger partial charge in [0.15, 0.2) is 0 Å². The van der Waals surface area contributed by atoms with Crippen molar-refractivity contribution < 1.29 is 5.11 Å². The molecule has 0 bridgehead atoms. The molecule has 0 fully saturated rings. The van der Waals surface area contributed by atoms with Gasteiger partial charge in [0.2, 0.25) is 0 Å². The normalized spacial score (nSPS) is 16.9. The third kappa shape index (κ3) is 3.60. The van der Waals surface area contributed by atoms with Crippen LogP contribution in [-0.4, -0.2) is 16.5 Å². The zero-order valence-electron chi connectivity index (χ0n) is 13.2. The number of hydrogen-bond donors (Lipinski definition) is 4. The summed E-state index contributed by atoms with van der Waals surface area (Å²) in [6.07, 6.45) is 5.12. The molecule has 3 N–H and O–H groups in total. The number of thiol groups is 1. The van der Waals surface area contributed by atoms with Crippen molar-refractivity contribution in [1.82, 2.24) is 0 Å². The van der Waals surface area contributed by atoms with E-state index in [1.54, 1.807) is 18.2 Å². The third-order valence-corrected chi connectivity index (χ3v) is 3.62. The molecule has 0 radical (unpaired) electrons. The second-order valence-corrected chi connectivity index (χ2v) is 6.90. The molecule has 1 aliphatic rings. The zero-order chi connectivity index (χ0) is 16.5. The van der Waals surface area contributed by atoms with Gasteiger partial charge in [0.1, 0.15) is 11.5 Å². The average Bonchev–Trinajstić information content (AvgIpc) is 2.39. The van der Waals surface area contributed by atoms with Gasteiger partial charge < -0.3 is 5.11 Å². The van der Waals surface area contributed by atoms with Crippen molar-refractivity contribution in [3.63, 3.8) is 0 Å². The fourth-order valence-corrected chi connectivity index (χ4v) is 2.38. The maximum absolute atomic E-state index is 10.5. The fourth-order valence-electron chi connectivity index (χ4n) is 2.18. The lowest BCUT2D eigenvalue weighted by atomic mass is 9.85. The molecule has 22 heavy (non-hydrogen) atoms. The lowest BCUT2D eigenvalue weighted by Gasteiger charge is -2.22. The lowest BCUT2D eigenvalue weighted by Crippen LogP contribution is -2.14. The summed E-state index contributed by atoms with van der Waals surface area (Å²) in [7, 11) is 0. The number of hydrazone groups is 1. The predicted molar refractivity (Wildman–Crippen MR) is 96.5 cm³/mol. The molecule has 5 heteroatoms. The van der Waals surface area contributed by atoms with Gasteiger partial charge in [-0.15, -0.1) is 12.6 Å². The SMILES string of the molecule is Cc1cc(N/N=C2/C=CC(S)=CC2=N)c(O)c(C(C)(C)C)c1. The van der Waals surface area contributed by atoms with Gasteiger partial charge in [-0.1, -0.05) is 26.8 Å². The highest BCUT2D eigenvalue weighted by Gasteiger charge is 2.20. The number of nitrogens with one attached hydrogen (secondary N) is 2. The number of rotatable bonds is 2. The number of aryl methyl sites for hydroxylation is 1. The van der Waals surface area contributed by atoms with E-state index in [-0.39, 0.29) is 16.9 Å². The largest absolute Gasteiger partial charge is 0.505 e. The van der Waals surface area contributed by atoms with Crippen LogP contribution < -0.4 is 5.43 Å². The van der Waals surface area contributed by atoms with E-state index in [1.807, 2.05) is 19.1 Å². The molecule has 0 spiro atoms. The van der Waals surface area contributed by atoms with Gasteiger partial charge in [0, 0.05) is 10.5 Å². The van der Waals surface area contributed by atoms with Crippen LogP contribution in [0.4, 0.5) is 5.69 Å². The Morgan fingerprint density at radius 1 is 1.23 bits per heavy atom. The second-order valence-electron chi connectivity index (χ2n) is 6.38. The Morgan fingerprint density at radius 2 is 1.91 bits per heavy atom. The van der Waals surface area contributed by atoms with Gasteiger partial charge in [-0.05, 0) is 42.2 Å². The van der Waals surface area contributed by atoms with E-state index in [0.29, 0.717) is 11.4 Å². The Kier molecular flexibility index (Phi) is 4.47. The van der Waals surface area contributed by atoms with E-state index >= 15 is 0 Å². The average molecular weight is 315 g/mol. The number of anilines is 1. The first kappa shape index (κ1) is 16.4. The summed E-state index contributed by atoms with van der Waals surface area (Å²) < 4.78 is 0. The molecule has 0 saturated carbocycles. The minimum Gasteiger partial charge on any atom is -0.505 e. The first-order valence-electron chi connectivity index (χ1n) is 7.04. The van der Waals surface area contributed by atoms with E-state index < -0.39 is 0 Å². The predicted octanol–water partition coefficient (Wildman–Crippen LogP) is 4.17. The van der Waals surface area contributed by atoms with Gasteiger partial charge in [-0.25, -0.2) is 0 Å². The smallest absolute Gasteiger partial charge is 0.144 e. The van der Waals surface area contributed by atoms with Crippen molar-refractivity contribution >= 4 is 29.7 Å². The van der Waals surface area contributed by atoms with Crippen molar-refractivity contribution in [2.24, 2.45) is 5.10 Å². The van der Waals surface area contributed by atoms with Crippen molar-refractivity contribution in [1.29, 1.82) is 5.41 Å². The number of phenols is 1. The first-order valence-corrected chi connectivity index (χ1v) is 7.48. The fraction of sp³-hybridized carbons (Fsp3) is 0.294. The maximum atomic E-state index is 10.5. The van der Waals surface area contributed by atoms with Crippen LogP contribution in [0, 0.1) is 12.3 Å². The molecule has 0 atom stereocenters. The molecule has 0 aliphatic heterocycles. The second kappa shape index (κ2) is 6.01. The summed E-state index contributed by atoms with van der Waals surface area (Å²) in [4.78, 5) is 0.720. The molecule has 2 rings (SSSR count). The van der Waals surface area contributed by atoms with Gasteiger partial charge >= 0.3 is 0 Å². The molecule has 1 aromatic rings. The molecule has 0 aromatic heterocycles. The Labute approximate surface area is 136 Å². The van der Waals surface area contributed by atoms with E-state index in [0.717, 1.165) is 16.0 Å². The molecule has 4 nitrogen and oxygen atoms in total. The van der Waals surface area contributed by atoms with Gasteiger partial charge in [0.25, 0.3) is 0 Å². The molecule has 0 amide bonds. The Hall–Kier alpha value is -2.01. The molecule has 0 unspecified atom stereocenters. The first-order chi connectivity index (χ1) is 10.2. The Morgan fingerprint density at radius 3 is 2.50 bits per heavy atom. The van der Waals surface area contributed by atoms with Crippen molar-refractivity contribution in [2.75, 3.05) is 5.43 Å². The number of allylic oxidation sites excluding steroid dienone is 3. The highest BCUT2D eigenvalue weighted by Crippen LogP contribution is 2.37. The summed E-state index contributed by atoms with van der Waals surface area (Å²) in [5.74, 6) is 0.194. The topological polar surface area (TPSA) is 68.5 Å². The van der Waals surface area contributed by atoms with E-state index in [1.165, 1.54) is 0 Å². The van der Waals surface area contributed by atoms with Gasteiger partial charge in [-0.3, -0.25) is 10.8 Å². The highest BCUT2D eigenvalue weighted by atomic mass is 32.1. The van der Waals surface area contributed by atoms with Crippen LogP contribution in [0.25, 0.3) is 0 Å². The molecule has 0 saturated heterocycles. The van der Waals surface area contributed by atoms with Crippen LogP contribution in [0.3, 0.4) is 0 Å². The Bertz CT molecular complexity index is 709. The summed E-state index contributed by atoms with van der Waals surface area (Å²) in [5.41, 5.74) is 5.93. The summed E-state index contributed by atoms with van der Waals surface area (Å²) in [6, 6.07) is 3.82. The standard InChI is InChI=1S/C17H21N3OS/c1-10-7-12(17(2,3)4)16(21)15(8-10)20-19-14-6-5-11(22)9-13(14)18/h5-9,18,20-22H,1-4H3/b18-13?,19-14-. The van der Waals surface area contributed by atoms with Crippen molar-refractivity contribution in [3.8, 4) is 5.75 Å². The third-order valence-electron chi connectivity index (χ3n) is 3.34. The number of nitrogens with zero attached hydrogens (tertiary/aromatic N) is 1. The van der Waals surface area contributed by atoms with Crippen LogP contribution in [0.1, 0.15) is 31.9 Å². The summed E-state index contributed by atoms with van der Waals surface area (Å²) in [5, 5.41) is 22.5. The van der Waals surface area contributed by atoms with Crippen LogP contribution in [0.2, 0.25) is 0 Å². The van der Waals surface area contributed by atoms with E-state index in [9.17, 15) is 5.11 Å². The maximum Gasteiger partial charge on any atom is 0.144 e. The number of benzene rings is 1. The van der Waals surface area contributed by atoms with E-state index in [2.05, 4.69) is 43.9 Å². The number of hydrogen-bond acceptors (Lipinski definition) is 5. The molecule has 1 aromatic carbocycles. The minimum absolute atomic E-state index is 0.166. The quantitative estimate of drug-likeness (QED) is 0.286. The highest BCUT2D eigenvalue weighted by molar-refractivity contribution is 7.84. The molecule has 1 aliphatic carbocycles. The minimum atomic E-state index is -0.166. The number of aromatic hydroxyl groups is 1. The van der Waals surface area contributed by atoms with Gasteiger partial charge in [0.05, 0.1) is 11.4 Å². The van der Waals surface area contributed by atoms with Crippen molar-refractivity contribution in [2.45, 2.75) is 33.1 Å². The van der Waals surface area contributed by atoms with Crippen LogP contribution in [-0.2, 0) is 5.41 Å². The van der Waals surface area contributed by atoms with Crippen LogP contribution >= 0.6 is 12.6 Å². The van der Waals surface area contributed by atoms with Crippen molar-refractivity contribution in [3.05, 3.63) is 46.4 Å².